The van der Waals surface area contributed by atoms with Crippen LogP contribution in [0.5, 0.6) is 5.75 Å². The molecule has 0 aliphatic carbocycles. The fourth-order valence-electron chi connectivity index (χ4n) is 4.79. The Balaban J connectivity index is 1.24. The number of ether oxygens (including phenoxy) is 2. The highest BCUT2D eigenvalue weighted by Gasteiger charge is 2.52. The van der Waals surface area contributed by atoms with Crippen molar-refractivity contribution < 1.29 is 24.2 Å². The Morgan fingerprint density at radius 1 is 1.13 bits per heavy atom. The van der Waals surface area contributed by atoms with Crippen LogP contribution in [0.2, 0.25) is 0 Å². The van der Waals surface area contributed by atoms with Crippen LogP contribution in [-0.4, -0.2) is 73.3 Å². The summed E-state index contributed by atoms with van der Waals surface area (Å²) in [5, 5.41) is 12.4. The molecule has 1 aromatic carbocycles. The summed E-state index contributed by atoms with van der Waals surface area (Å²) in [5.41, 5.74) is 1.29. The molecule has 4 unspecified atom stereocenters. The summed E-state index contributed by atoms with van der Waals surface area (Å²) in [4.78, 5) is 27.4. The van der Waals surface area contributed by atoms with Crippen molar-refractivity contribution in [2.45, 2.75) is 37.5 Å². The molecular formula is C23H30N2O5. The third-order valence-corrected chi connectivity index (χ3v) is 6.54. The normalized spacial score (nSPS) is 28.6. The summed E-state index contributed by atoms with van der Waals surface area (Å²) in [7, 11) is 1.67. The van der Waals surface area contributed by atoms with Gasteiger partial charge in [-0.05, 0) is 37.0 Å². The van der Waals surface area contributed by atoms with Crippen LogP contribution in [0.15, 0.2) is 36.4 Å². The maximum atomic E-state index is 12.9. The summed E-state index contributed by atoms with van der Waals surface area (Å²) in [6.07, 6.45) is 5.71. The Kier molecular flexibility index (Phi) is 6.51. The van der Waals surface area contributed by atoms with E-state index in [2.05, 4.69) is 22.3 Å². The van der Waals surface area contributed by atoms with E-state index in [0.717, 1.165) is 44.6 Å². The molecule has 2 saturated heterocycles. The zero-order chi connectivity index (χ0) is 21.1. The molecule has 7 nitrogen and oxygen atoms in total. The Morgan fingerprint density at radius 3 is 2.43 bits per heavy atom. The first kappa shape index (κ1) is 21.0. The molecule has 4 atom stereocenters. The van der Waals surface area contributed by atoms with Gasteiger partial charge in [0.05, 0.1) is 31.2 Å². The molecule has 3 aliphatic heterocycles. The zero-order valence-corrected chi connectivity index (χ0v) is 17.3. The molecular weight excluding hydrogens is 384 g/mol. The number of hydrogen-bond acceptors (Lipinski definition) is 6. The molecule has 3 aliphatic rings. The number of carbonyl (C=O) groups is 2. The van der Waals surface area contributed by atoms with E-state index in [1.165, 1.54) is 5.56 Å². The van der Waals surface area contributed by atoms with Crippen LogP contribution in [0, 0.1) is 11.8 Å². The fourth-order valence-corrected chi connectivity index (χ4v) is 4.79. The van der Waals surface area contributed by atoms with E-state index in [0.29, 0.717) is 0 Å². The SMILES string of the molecule is COc1ccc(CCN2CCC(NC(=O)C3C4C=CC(O4)C3C(=O)CO)CC2)cc1. The minimum absolute atomic E-state index is 0.114. The van der Waals surface area contributed by atoms with Gasteiger partial charge in [0.2, 0.25) is 5.91 Å². The van der Waals surface area contributed by atoms with Crippen molar-refractivity contribution in [2.75, 3.05) is 33.4 Å². The highest BCUT2D eigenvalue weighted by atomic mass is 16.5. The van der Waals surface area contributed by atoms with Crippen LogP contribution >= 0.6 is 0 Å². The predicted octanol–water partition coefficient (Wildman–Crippen LogP) is 0.949. The molecule has 2 bridgehead atoms. The number of carbonyl (C=O) groups excluding carboxylic acids is 2. The molecule has 0 saturated carbocycles. The van der Waals surface area contributed by atoms with Gasteiger partial charge in [-0.25, -0.2) is 0 Å². The molecule has 7 heteroatoms. The second-order valence-electron chi connectivity index (χ2n) is 8.35. The van der Waals surface area contributed by atoms with Gasteiger partial charge in [-0.3, -0.25) is 9.59 Å². The third kappa shape index (κ3) is 4.43. The number of likely N-dealkylation sites (tertiary alicyclic amines) is 1. The van der Waals surface area contributed by atoms with E-state index in [1.807, 2.05) is 24.3 Å². The van der Waals surface area contributed by atoms with Crippen molar-refractivity contribution in [3.63, 3.8) is 0 Å². The number of hydrogen-bond donors (Lipinski definition) is 2. The topological polar surface area (TPSA) is 88.1 Å². The van der Waals surface area contributed by atoms with Gasteiger partial charge in [-0.15, -0.1) is 0 Å². The molecule has 1 aromatic rings. The first-order valence-electron chi connectivity index (χ1n) is 10.7. The van der Waals surface area contributed by atoms with E-state index < -0.39 is 18.4 Å². The molecule has 3 heterocycles. The third-order valence-electron chi connectivity index (χ3n) is 6.54. The van der Waals surface area contributed by atoms with Gasteiger partial charge in [0.25, 0.3) is 0 Å². The van der Waals surface area contributed by atoms with Gasteiger partial charge in [0.15, 0.2) is 5.78 Å². The van der Waals surface area contributed by atoms with E-state index in [9.17, 15) is 14.7 Å². The van der Waals surface area contributed by atoms with Crippen molar-refractivity contribution >= 4 is 11.7 Å². The minimum atomic E-state index is -0.574. The van der Waals surface area contributed by atoms with E-state index in [1.54, 1.807) is 7.11 Å². The van der Waals surface area contributed by atoms with Gasteiger partial charge in [-0.2, -0.15) is 0 Å². The molecule has 162 valence electrons. The monoisotopic (exact) mass is 414 g/mol. The standard InChI is InChI=1S/C23H30N2O5/c1-29-17-4-2-15(3-5-17)8-11-25-12-9-16(10-13-25)24-23(28)22-20-7-6-19(30-20)21(22)18(27)14-26/h2-7,16,19-22,26H,8-14H2,1H3,(H,24,28). The highest BCUT2D eigenvalue weighted by molar-refractivity contribution is 5.91. The Hall–Kier alpha value is -2.22. The van der Waals surface area contributed by atoms with Gasteiger partial charge in [-0.1, -0.05) is 24.3 Å². The van der Waals surface area contributed by atoms with Gasteiger partial charge in [0.1, 0.15) is 12.4 Å². The van der Waals surface area contributed by atoms with Crippen LogP contribution in [0.3, 0.4) is 0 Å². The largest absolute Gasteiger partial charge is 0.497 e. The maximum absolute atomic E-state index is 12.9. The second kappa shape index (κ2) is 9.29. The lowest BCUT2D eigenvalue weighted by Gasteiger charge is -2.33. The molecule has 0 spiro atoms. The number of nitrogens with one attached hydrogen (secondary N) is 1. The average molecular weight is 415 g/mol. The Bertz CT molecular complexity index is 785. The van der Waals surface area contributed by atoms with Crippen LogP contribution in [0.1, 0.15) is 18.4 Å². The molecule has 4 rings (SSSR count). The summed E-state index contributed by atoms with van der Waals surface area (Å²) in [6.45, 7) is 2.31. The summed E-state index contributed by atoms with van der Waals surface area (Å²) in [6, 6.07) is 8.28. The first-order chi connectivity index (χ1) is 14.6. The smallest absolute Gasteiger partial charge is 0.227 e. The Labute approximate surface area is 177 Å². The highest BCUT2D eigenvalue weighted by Crippen LogP contribution is 2.39. The summed E-state index contributed by atoms with van der Waals surface area (Å²) < 4.78 is 10.9. The van der Waals surface area contributed by atoms with Crippen molar-refractivity contribution in [2.24, 2.45) is 11.8 Å². The number of rotatable bonds is 8. The maximum Gasteiger partial charge on any atom is 0.227 e. The van der Waals surface area contributed by atoms with Gasteiger partial charge < -0.3 is 24.8 Å². The second-order valence-corrected chi connectivity index (χ2v) is 8.35. The lowest BCUT2D eigenvalue weighted by Crippen LogP contribution is -2.50. The van der Waals surface area contributed by atoms with Crippen LogP contribution in [0.25, 0.3) is 0 Å². The molecule has 30 heavy (non-hydrogen) atoms. The molecule has 2 fully saturated rings. The quantitative estimate of drug-likeness (QED) is 0.616. The van der Waals surface area contributed by atoms with Crippen molar-refractivity contribution in [3.05, 3.63) is 42.0 Å². The molecule has 1 amide bonds. The molecule has 0 aromatic heterocycles. The van der Waals surface area contributed by atoms with Crippen molar-refractivity contribution in [3.8, 4) is 5.75 Å². The first-order valence-corrected chi connectivity index (χ1v) is 10.7. The van der Waals surface area contributed by atoms with E-state index in [4.69, 9.17) is 9.47 Å². The van der Waals surface area contributed by atoms with Crippen molar-refractivity contribution in [1.82, 2.24) is 10.2 Å². The van der Waals surface area contributed by atoms with Crippen molar-refractivity contribution in [1.29, 1.82) is 0 Å². The zero-order valence-electron chi connectivity index (χ0n) is 17.3. The fraction of sp³-hybridized carbons (Fsp3) is 0.565. The number of aliphatic hydroxyl groups excluding tert-OH is 1. The number of amides is 1. The number of ketones is 1. The summed E-state index contributed by atoms with van der Waals surface area (Å²) >= 11 is 0. The van der Waals surface area contributed by atoms with E-state index in [-0.39, 0.29) is 29.9 Å². The number of benzene rings is 1. The number of methoxy groups -OCH3 is 1. The number of piperidine rings is 1. The molecule has 0 radical (unpaired) electrons. The number of aliphatic hydroxyl groups is 1. The van der Waals surface area contributed by atoms with Gasteiger partial charge >= 0.3 is 0 Å². The van der Waals surface area contributed by atoms with Crippen LogP contribution < -0.4 is 10.1 Å². The minimum Gasteiger partial charge on any atom is -0.497 e. The predicted molar refractivity (Wildman–Crippen MR) is 111 cm³/mol. The number of nitrogens with zero attached hydrogens (tertiary/aromatic N) is 1. The summed E-state index contributed by atoms with van der Waals surface area (Å²) in [5.74, 6) is -0.687. The number of Topliss-reactive ketones (excluding diaryl/α,β-unsaturated/α-hetero) is 1. The van der Waals surface area contributed by atoms with Crippen LogP contribution in [-0.2, 0) is 20.7 Å². The Morgan fingerprint density at radius 2 is 1.80 bits per heavy atom. The van der Waals surface area contributed by atoms with E-state index >= 15 is 0 Å². The number of fused-ring (bicyclic) bond motifs is 2. The lowest BCUT2D eigenvalue weighted by molar-refractivity contribution is -0.134. The van der Waals surface area contributed by atoms with Crippen LogP contribution in [0.4, 0.5) is 0 Å². The lowest BCUT2D eigenvalue weighted by atomic mass is 9.79. The van der Waals surface area contributed by atoms with Gasteiger partial charge in [0, 0.05) is 25.7 Å². The molecule has 2 N–H and O–H groups in total. The average Bonchev–Trinajstić information content (AvgIpc) is 3.40.